The van der Waals surface area contributed by atoms with Crippen LogP contribution in [0.3, 0.4) is 0 Å². The van der Waals surface area contributed by atoms with Crippen LogP contribution in [0.4, 0.5) is 0 Å². The number of esters is 1. The zero-order valence-corrected chi connectivity index (χ0v) is 36.9. The molecule has 1 unspecified atom stereocenters. The van der Waals surface area contributed by atoms with Gasteiger partial charge in [-0.05, 0) is 135 Å². The van der Waals surface area contributed by atoms with Gasteiger partial charge in [0.15, 0.2) is 0 Å². The molecule has 0 saturated carbocycles. The molecule has 1 aliphatic heterocycles. The predicted molar refractivity (Wildman–Crippen MR) is 232 cm³/mol. The lowest BCUT2D eigenvalue weighted by Crippen LogP contribution is -2.46. The first kappa shape index (κ1) is 44.2. The van der Waals surface area contributed by atoms with Gasteiger partial charge in [-0.1, -0.05) is 82.9 Å². The van der Waals surface area contributed by atoms with Crippen molar-refractivity contribution in [2.45, 2.75) is 142 Å². The molecule has 9 nitrogen and oxygen atoms in total. The van der Waals surface area contributed by atoms with Crippen LogP contribution in [0.2, 0.25) is 0 Å². The van der Waals surface area contributed by atoms with Crippen LogP contribution in [0, 0.1) is 0 Å². The number of halogens is 1. The van der Waals surface area contributed by atoms with Gasteiger partial charge in [0, 0.05) is 23.9 Å². The zero-order chi connectivity index (χ0) is 41.4. The summed E-state index contributed by atoms with van der Waals surface area (Å²) in [6.07, 6.45) is 11.0. The van der Waals surface area contributed by atoms with E-state index < -0.39 is 35.9 Å². The van der Waals surface area contributed by atoms with Crippen LogP contribution in [0.15, 0.2) is 89.9 Å². The van der Waals surface area contributed by atoms with E-state index in [4.69, 9.17) is 18.8 Å². The van der Waals surface area contributed by atoms with E-state index in [9.17, 15) is 9.59 Å². The lowest BCUT2D eigenvalue weighted by Gasteiger charge is -2.32. The lowest BCUT2D eigenvalue weighted by molar-refractivity contribution is -0.159. The number of hydrogen-bond donors (Lipinski definition) is 1. The molecule has 1 fully saturated rings. The molecule has 1 atom stereocenters. The molecule has 0 bridgehead atoms. The molecule has 11 heteroatoms. The number of carbonyl (C=O) groups is 2. The number of aromatic nitrogens is 2. The van der Waals surface area contributed by atoms with Crippen LogP contribution in [0.5, 0.6) is 5.75 Å². The largest absolute Gasteiger partial charge is 0.494 e. The number of nitrogens with zero attached hydrogens (tertiary/aromatic N) is 2. The van der Waals surface area contributed by atoms with E-state index in [0.29, 0.717) is 12.2 Å². The van der Waals surface area contributed by atoms with Gasteiger partial charge in [-0.2, -0.15) is 0 Å². The van der Waals surface area contributed by atoms with Crippen molar-refractivity contribution >= 4 is 40.4 Å². The molecular weight excluding hydrogens is 781 g/mol. The first-order valence-electron chi connectivity index (χ1n) is 20.3. The van der Waals surface area contributed by atoms with Crippen LogP contribution < -0.4 is 15.5 Å². The summed E-state index contributed by atoms with van der Waals surface area (Å²) in [5, 5.41) is 3.00. The highest BCUT2D eigenvalue weighted by atomic mass is 79.9. The molecule has 0 spiro atoms. The summed E-state index contributed by atoms with van der Waals surface area (Å²) in [6.45, 7) is 19.1. The average molecular weight is 843 g/mol. The van der Waals surface area contributed by atoms with Crippen molar-refractivity contribution in [1.82, 2.24) is 14.9 Å². The fourth-order valence-electron chi connectivity index (χ4n) is 6.68. The first-order chi connectivity index (χ1) is 26.8. The van der Waals surface area contributed by atoms with Crippen molar-refractivity contribution < 1.29 is 28.4 Å². The van der Waals surface area contributed by atoms with Crippen molar-refractivity contribution in [3.05, 3.63) is 107 Å². The third-order valence-corrected chi connectivity index (χ3v) is 11.5. The fraction of sp³-hybridized carbons (Fsp3) is 0.500. The SMILES string of the molecule is CC(C)(CCCCCCCCOc1ccc(-n2cnc(Br)c2)cc1)OC(=O)C(Cc1ccc(B2OC(C)(C)C(C)(C)O2)cc1)NC(=O)c1ccc(C(C)(C)C)cc1. The molecule has 2 heterocycles. The molecule has 57 heavy (non-hydrogen) atoms. The van der Waals surface area contributed by atoms with Crippen molar-refractivity contribution in [1.29, 1.82) is 0 Å². The molecule has 3 aromatic carbocycles. The Kier molecular flexibility index (Phi) is 14.5. The highest BCUT2D eigenvalue weighted by Gasteiger charge is 2.51. The van der Waals surface area contributed by atoms with Crippen molar-refractivity contribution in [3.63, 3.8) is 0 Å². The number of unbranched alkanes of at least 4 members (excludes halogenated alkanes) is 5. The molecule has 1 aromatic heterocycles. The topological polar surface area (TPSA) is 101 Å². The summed E-state index contributed by atoms with van der Waals surface area (Å²) in [6, 6.07) is 22.6. The van der Waals surface area contributed by atoms with E-state index in [0.717, 1.165) is 77.6 Å². The highest BCUT2D eigenvalue weighted by Crippen LogP contribution is 2.36. The Morgan fingerprint density at radius 3 is 2.00 bits per heavy atom. The quantitative estimate of drug-likeness (QED) is 0.0605. The number of benzene rings is 3. The van der Waals surface area contributed by atoms with Gasteiger partial charge in [0.25, 0.3) is 5.91 Å². The molecule has 0 radical (unpaired) electrons. The van der Waals surface area contributed by atoms with Gasteiger partial charge in [-0.25, -0.2) is 9.78 Å². The highest BCUT2D eigenvalue weighted by molar-refractivity contribution is 9.10. The summed E-state index contributed by atoms with van der Waals surface area (Å²) in [4.78, 5) is 31.6. The number of hydrogen-bond acceptors (Lipinski definition) is 7. The number of ether oxygens (including phenoxy) is 2. The van der Waals surface area contributed by atoms with E-state index >= 15 is 0 Å². The second-order valence-corrected chi connectivity index (χ2v) is 18.7. The minimum Gasteiger partial charge on any atom is -0.494 e. The van der Waals surface area contributed by atoms with Crippen LogP contribution in [0.1, 0.15) is 129 Å². The Labute approximate surface area is 348 Å². The normalized spacial score (nSPS) is 15.6. The Balaban J connectivity index is 1.09. The van der Waals surface area contributed by atoms with Gasteiger partial charge in [0.1, 0.15) is 28.3 Å². The maximum absolute atomic E-state index is 13.9. The summed E-state index contributed by atoms with van der Waals surface area (Å²) < 4.78 is 27.3. The van der Waals surface area contributed by atoms with Gasteiger partial charge in [0.05, 0.1) is 17.8 Å². The van der Waals surface area contributed by atoms with Gasteiger partial charge in [-0.15, -0.1) is 0 Å². The van der Waals surface area contributed by atoms with E-state index in [1.54, 1.807) is 6.33 Å². The predicted octanol–water partition coefficient (Wildman–Crippen LogP) is 9.70. The molecule has 1 amide bonds. The van der Waals surface area contributed by atoms with E-state index in [2.05, 4.69) is 47.0 Å². The lowest BCUT2D eigenvalue weighted by atomic mass is 9.78. The van der Waals surface area contributed by atoms with Crippen LogP contribution in [-0.2, 0) is 30.7 Å². The Bertz CT molecular complexity index is 1900. The summed E-state index contributed by atoms with van der Waals surface area (Å²) in [5.74, 6) is 0.104. The maximum Gasteiger partial charge on any atom is 0.494 e. The molecule has 1 N–H and O–H groups in total. The minimum absolute atomic E-state index is 0.0388. The Morgan fingerprint density at radius 2 is 1.42 bits per heavy atom. The minimum atomic E-state index is -0.874. The van der Waals surface area contributed by atoms with Crippen LogP contribution in [0.25, 0.3) is 5.69 Å². The average Bonchev–Trinajstić information content (AvgIpc) is 3.68. The van der Waals surface area contributed by atoms with Gasteiger partial charge >= 0.3 is 13.1 Å². The number of carbonyl (C=O) groups excluding carboxylic acids is 2. The van der Waals surface area contributed by atoms with E-state index in [-0.39, 0.29) is 17.7 Å². The molecule has 1 saturated heterocycles. The Hall–Kier alpha value is -3.93. The van der Waals surface area contributed by atoms with Crippen molar-refractivity contribution in [3.8, 4) is 11.4 Å². The third kappa shape index (κ3) is 12.5. The van der Waals surface area contributed by atoms with Crippen molar-refractivity contribution in [2.24, 2.45) is 0 Å². The molecule has 4 aromatic rings. The Morgan fingerprint density at radius 1 is 0.825 bits per heavy atom. The van der Waals surface area contributed by atoms with Gasteiger partial charge in [-0.3, -0.25) is 4.79 Å². The number of amides is 1. The number of imidazole rings is 1. The maximum atomic E-state index is 13.9. The van der Waals surface area contributed by atoms with Crippen LogP contribution >= 0.6 is 15.9 Å². The second-order valence-electron chi connectivity index (χ2n) is 17.9. The van der Waals surface area contributed by atoms with Crippen molar-refractivity contribution in [2.75, 3.05) is 6.61 Å². The monoisotopic (exact) mass is 841 g/mol. The smallest absolute Gasteiger partial charge is 0.494 e. The van der Waals surface area contributed by atoms with Gasteiger partial charge in [0.2, 0.25) is 0 Å². The third-order valence-electron chi connectivity index (χ3n) is 11.1. The van der Waals surface area contributed by atoms with E-state index in [1.807, 2.05) is 125 Å². The van der Waals surface area contributed by atoms with Crippen LogP contribution in [-0.4, -0.2) is 58.0 Å². The zero-order valence-electron chi connectivity index (χ0n) is 35.3. The molecule has 306 valence electrons. The number of nitrogens with one attached hydrogen (secondary N) is 1. The van der Waals surface area contributed by atoms with Gasteiger partial charge < -0.3 is 28.7 Å². The molecular formula is C46H61BBrN3O6. The fourth-order valence-corrected chi connectivity index (χ4v) is 6.99. The first-order valence-corrected chi connectivity index (χ1v) is 21.1. The standard InChI is InChI=1S/C46H61BBrN3O6/c1-43(2,3)35-20-18-34(19-21-35)41(52)50-39(30-33-16-22-36(23-17-33)47-56-45(6,7)46(8,9)57-47)42(53)55-44(4,5)28-14-12-10-11-13-15-29-54-38-26-24-37(25-27-38)51-31-40(48)49-32-51/h16-27,31-32,39H,10-15,28-30H2,1-9H3,(H,50,52). The second kappa shape index (κ2) is 18.8. The van der Waals surface area contributed by atoms with E-state index in [1.165, 1.54) is 0 Å². The summed E-state index contributed by atoms with van der Waals surface area (Å²) in [7, 11) is -0.484. The molecule has 0 aliphatic carbocycles. The molecule has 5 rings (SSSR count). The molecule has 1 aliphatic rings. The summed E-state index contributed by atoms with van der Waals surface area (Å²) in [5.41, 5.74) is 2.83. The summed E-state index contributed by atoms with van der Waals surface area (Å²) >= 11 is 3.38. The number of rotatable bonds is 18.